The number of hydrogen-bond donors (Lipinski definition) is 2. The number of rotatable bonds is 4. The molecule has 1 aliphatic heterocycles. The van der Waals surface area contributed by atoms with Crippen molar-refractivity contribution in [3.63, 3.8) is 0 Å². The summed E-state index contributed by atoms with van der Waals surface area (Å²) in [6.45, 7) is 1.58. The van der Waals surface area contributed by atoms with E-state index in [0.717, 1.165) is 11.8 Å². The van der Waals surface area contributed by atoms with Crippen molar-refractivity contribution >= 4 is 34.8 Å². The molecule has 30 heavy (non-hydrogen) atoms. The summed E-state index contributed by atoms with van der Waals surface area (Å²) in [7, 11) is 0. The normalized spacial score (nSPS) is 24.9. The van der Waals surface area contributed by atoms with Crippen LogP contribution in [0.3, 0.4) is 0 Å². The standard InChI is InChI=1S/C21H14F2N4O2S/c1-20(17-8-21(17,18(28)29)30-19(25)27-20)13-6-11(2-4-14(13)22)7-15(23)16-5-3-12(9-24)10-26-16/h2-8,10H,1H3,(H2,25,27)(H,28,29)/b15-7-/t20-,21+/m1/s1. The van der Waals surface area contributed by atoms with Crippen molar-refractivity contribution in [3.05, 3.63) is 76.4 Å². The molecule has 1 aliphatic carbocycles. The predicted octanol–water partition coefficient (Wildman–Crippen LogP) is 3.60. The number of aliphatic carboxylic acids is 1. The zero-order chi connectivity index (χ0) is 21.7. The summed E-state index contributed by atoms with van der Waals surface area (Å²) >= 11 is 0.899. The van der Waals surface area contributed by atoms with Gasteiger partial charge in [-0.1, -0.05) is 17.8 Å². The van der Waals surface area contributed by atoms with Crippen LogP contribution < -0.4 is 5.73 Å². The fraction of sp³-hybridized carbons (Fsp3) is 0.143. The minimum atomic E-state index is -1.32. The molecule has 0 radical (unpaired) electrons. The molecule has 2 aliphatic rings. The summed E-state index contributed by atoms with van der Waals surface area (Å²) in [5.74, 6) is -2.38. The van der Waals surface area contributed by atoms with Gasteiger partial charge in [0.1, 0.15) is 23.3 Å². The average molecular weight is 424 g/mol. The first-order valence-corrected chi connectivity index (χ1v) is 9.56. The third-order valence-corrected chi connectivity index (χ3v) is 6.19. The maximum absolute atomic E-state index is 14.7. The molecular formula is C21H14F2N4O2S. The minimum Gasteiger partial charge on any atom is -0.480 e. The Hall–Kier alpha value is -3.51. The number of aliphatic imine (C=N–C) groups is 1. The highest BCUT2D eigenvalue weighted by Crippen LogP contribution is 2.60. The molecule has 1 aromatic heterocycles. The Balaban J connectivity index is 1.74. The second-order valence-electron chi connectivity index (χ2n) is 7.00. The fourth-order valence-corrected chi connectivity index (χ4v) is 4.61. The van der Waals surface area contributed by atoms with Gasteiger partial charge in [0.25, 0.3) is 0 Å². The molecule has 0 unspecified atom stereocenters. The summed E-state index contributed by atoms with van der Waals surface area (Å²) in [4.78, 5) is 19.9. The van der Waals surface area contributed by atoms with E-state index < -0.39 is 27.9 Å². The number of nitriles is 1. The van der Waals surface area contributed by atoms with Gasteiger partial charge in [0, 0.05) is 11.8 Å². The lowest BCUT2D eigenvalue weighted by atomic mass is 9.86. The number of carboxylic acid groups (broad SMARTS) is 1. The van der Waals surface area contributed by atoms with Crippen LogP contribution in [-0.4, -0.2) is 26.0 Å². The van der Waals surface area contributed by atoms with Crippen molar-refractivity contribution in [1.29, 1.82) is 5.26 Å². The number of carbonyl (C=O) groups is 1. The molecule has 4 rings (SSSR count). The Labute approximate surface area is 174 Å². The van der Waals surface area contributed by atoms with Crippen LogP contribution in [0.1, 0.15) is 29.3 Å². The molecule has 0 bridgehead atoms. The topological polar surface area (TPSA) is 112 Å². The Morgan fingerprint density at radius 2 is 2.13 bits per heavy atom. The van der Waals surface area contributed by atoms with E-state index in [1.165, 1.54) is 48.7 Å². The quantitative estimate of drug-likeness (QED) is 0.726. The molecule has 9 heteroatoms. The smallest absolute Gasteiger partial charge is 0.328 e. The average Bonchev–Trinajstić information content (AvgIpc) is 3.46. The molecule has 2 aromatic rings. The molecule has 3 N–H and O–H groups in total. The highest BCUT2D eigenvalue weighted by atomic mass is 32.2. The van der Waals surface area contributed by atoms with Crippen LogP contribution in [0.15, 0.2) is 53.2 Å². The van der Waals surface area contributed by atoms with Gasteiger partial charge in [0.15, 0.2) is 9.91 Å². The number of benzene rings is 1. The highest BCUT2D eigenvalue weighted by Gasteiger charge is 2.63. The maximum Gasteiger partial charge on any atom is 0.328 e. The number of hydrogen-bond acceptors (Lipinski definition) is 6. The number of fused-ring (bicyclic) bond motifs is 1. The first-order valence-electron chi connectivity index (χ1n) is 8.75. The summed E-state index contributed by atoms with van der Waals surface area (Å²) < 4.78 is 28.0. The number of aromatic nitrogens is 1. The van der Waals surface area contributed by atoms with Crippen LogP contribution in [0, 0.1) is 17.1 Å². The summed E-state index contributed by atoms with van der Waals surface area (Å²) in [5.41, 5.74) is 5.71. The molecule has 0 saturated heterocycles. The van der Waals surface area contributed by atoms with Crippen LogP contribution in [-0.2, 0) is 10.3 Å². The Bertz CT molecular complexity index is 1220. The monoisotopic (exact) mass is 424 g/mol. The largest absolute Gasteiger partial charge is 0.480 e. The molecule has 6 nitrogen and oxygen atoms in total. The van der Waals surface area contributed by atoms with E-state index in [-0.39, 0.29) is 16.4 Å². The zero-order valence-corrected chi connectivity index (χ0v) is 16.4. The summed E-state index contributed by atoms with van der Waals surface area (Å²) in [6.07, 6.45) is 3.94. The van der Waals surface area contributed by atoms with Gasteiger partial charge in [-0.2, -0.15) is 5.26 Å². The van der Waals surface area contributed by atoms with Crippen LogP contribution in [0.4, 0.5) is 8.78 Å². The molecule has 2 atom stereocenters. The van der Waals surface area contributed by atoms with Gasteiger partial charge in [0.2, 0.25) is 0 Å². The van der Waals surface area contributed by atoms with Crippen LogP contribution in [0.5, 0.6) is 0 Å². The molecular weight excluding hydrogens is 410 g/mol. The number of pyridine rings is 1. The Kier molecular flexibility index (Phi) is 4.47. The van der Waals surface area contributed by atoms with Gasteiger partial charge in [0.05, 0.1) is 11.3 Å². The number of amidine groups is 1. The van der Waals surface area contributed by atoms with Crippen molar-refractivity contribution < 1.29 is 18.7 Å². The molecule has 0 fully saturated rings. The Morgan fingerprint density at radius 3 is 2.77 bits per heavy atom. The number of carboxylic acids is 1. The summed E-state index contributed by atoms with van der Waals surface area (Å²) in [6, 6.07) is 8.69. The first kappa shape index (κ1) is 19.8. The van der Waals surface area contributed by atoms with Gasteiger partial charge in [-0.3, -0.25) is 4.98 Å². The number of nitrogens with zero attached hydrogens (tertiary/aromatic N) is 3. The molecule has 0 amide bonds. The molecule has 2 heterocycles. The van der Waals surface area contributed by atoms with E-state index in [1.807, 2.05) is 6.07 Å². The zero-order valence-electron chi connectivity index (χ0n) is 15.6. The van der Waals surface area contributed by atoms with E-state index in [9.17, 15) is 18.7 Å². The van der Waals surface area contributed by atoms with E-state index in [1.54, 1.807) is 6.92 Å². The SMILES string of the molecule is C[C@]1(c2cc(/C=C(\F)c3ccc(C#N)cn3)ccc2F)N=C(N)S[C@@]2(C(=O)O)C=C21. The van der Waals surface area contributed by atoms with Gasteiger partial charge in [-0.15, -0.1) is 0 Å². The Morgan fingerprint density at radius 1 is 1.37 bits per heavy atom. The lowest BCUT2D eigenvalue weighted by molar-refractivity contribution is -0.136. The second kappa shape index (κ2) is 6.78. The minimum absolute atomic E-state index is 0.0252. The number of halogens is 2. The fourth-order valence-electron chi connectivity index (χ4n) is 3.48. The van der Waals surface area contributed by atoms with Gasteiger partial charge < -0.3 is 10.8 Å². The van der Waals surface area contributed by atoms with Gasteiger partial charge >= 0.3 is 5.97 Å². The van der Waals surface area contributed by atoms with Crippen molar-refractivity contribution in [2.24, 2.45) is 10.7 Å². The molecule has 0 saturated carbocycles. The molecule has 1 aromatic carbocycles. The lowest BCUT2D eigenvalue weighted by Crippen LogP contribution is -2.38. The molecule has 0 spiro atoms. The van der Waals surface area contributed by atoms with E-state index in [4.69, 9.17) is 11.0 Å². The second-order valence-corrected chi connectivity index (χ2v) is 8.26. The van der Waals surface area contributed by atoms with Crippen LogP contribution in [0.2, 0.25) is 0 Å². The third kappa shape index (κ3) is 3.06. The van der Waals surface area contributed by atoms with Gasteiger partial charge in [-0.25, -0.2) is 18.6 Å². The van der Waals surface area contributed by atoms with E-state index >= 15 is 0 Å². The van der Waals surface area contributed by atoms with Crippen molar-refractivity contribution in [3.8, 4) is 6.07 Å². The lowest BCUT2D eigenvalue weighted by Gasteiger charge is -2.32. The van der Waals surface area contributed by atoms with Crippen LogP contribution in [0.25, 0.3) is 11.9 Å². The maximum atomic E-state index is 14.7. The van der Waals surface area contributed by atoms with Crippen molar-refractivity contribution in [2.45, 2.75) is 17.2 Å². The number of thioether (sulfide) groups is 1. The molecule has 150 valence electrons. The van der Waals surface area contributed by atoms with Crippen molar-refractivity contribution in [1.82, 2.24) is 4.98 Å². The first-order chi connectivity index (χ1) is 14.2. The predicted molar refractivity (Wildman–Crippen MR) is 109 cm³/mol. The van der Waals surface area contributed by atoms with Gasteiger partial charge in [-0.05, 0) is 54.5 Å². The number of nitrogens with two attached hydrogens (primary N) is 1. The third-order valence-electron chi connectivity index (χ3n) is 5.05. The highest BCUT2D eigenvalue weighted by molar-refractivity contribution is 8.16. The summed E-state index contributed by atoms with van der Waals surface area (Å²) in [5, 5.41) is 18.4. The van der Waals surface area contributed by atoms with E-state index in [0.29, 0.717) is 16.7 Å². The van der Waals surface area contributed by atoms with Crippen molar-refractivity contribution in [2.75, 3.05) is 0 Å². The van der Waals surface area contributed by atoms with E-state index in [2.05, 4.69) is 9.98 Å². The van der Waals surface area contributed by atoms with Crippen LogP contribution >= 0.6 is 11.8 Å².